The van der Waals surface area contributed by atoms with E-state index in [-0.39, 0.29) is 19.3 Å². The maximum Gasteiger partial charge on any atom is 0.317 e. The van der Waals surface area contributed by atoms with Crippen molar-refractivity contribution in [3.63, 3.8) is 0 Å². The molecule has 164 valence electrons. The van der Waals surface area contributed by atoms with Gasteiger partial charge < -0.3 is 9.84 Å². The number of carboxylic acid groups (broad SMARTS) is 1. The minimum Gasteiger partial charge on any atom is -0.481 e. The Morgan fingerprint density at radius 3 is 1.40 bits per heavy atom. The van der Waals surface area contributed by atoms with Gasteiger partial charge >= 0.3 is 17.9 Å². The molecule has 30 heavy (non-hydrogen) atoms. The molecule has 5 heteroatoms. The van der Waals surface area contributed by atoms with Gasteiger partial charge in [0.1, 0.15) is 0 Å². The standard InChI is InChI=1S/C25H34O5/c1-2-3-4-5-6-7-8-9-10-11-12-13-14-15-16-17-18-19-20-24(28)30-25(29)22-21-23(26)27/h3-4,6-7,9-10,12-13,15-16,18-19H,2,5,8,11,14,17,20-22H2,1H3,(H,26,27). The number of carboxylic acids is 1. The summed E-state index contributed by atoms with van der Waals surface area (Å²) in [6, 6.07) is 0. The van der Waals surface area contributed by atoms with E-state index in [1.54, 1.807) is 6.08 Å². The number of esters is 2. The van der Waals surface area contributed by atoms with Crippen molar-refractivity contribution in [2.45, 2.75) is 64.7 Å². The first-order valence-electron chi connectivity index (χ1n) is 10.4. The number of carbonyl (C=O) groups excluding carboxylic acids is 2. The lowest BCUT2D eigenvalue weighted by Gasteiger charge is -1.99. The van der Waals surface area contributed by atoms with Gasteiger partial charge in [0.2, 0.25) is 0 Å². The van der Waals surface area contributed by atoms with E-state index in [0.717, 1.165) is 32.1 Å². The Bertz CT molecular complexity index is 663. The highest BCUT2D eigenvalue weighted by molar-refractivity contribution is 5.87. The number of rotatable bonds is 16. The van der Waals surface area contributed by atoms with Crippen LogP contribution in [0.15, 0.2) is 72.9 Å². The molecule has 0 aliphatic rings. The van der Waals surface area contributed by atoms with Crippen molar-refractivity contribution in [3.8, 4) is 0 Å². The van der Waals surface area contributed by atoms with Crippen molar-refractivity contribution < 1.29 is 24.2 Å². The summed E-state index contributed by atoms with van der Waals surface area (Å²) in [7, 11) is 0. The molecule has 0 aliphatic carbocycles. The van der Waals surface area contributed by atoms with Crippen molar-refractivity contribution in [1.29, 1.82) is 0 Å². The monoisotopic (exact) mass is 414 g/mol. The largest absolute Gasteiger partial charge is 0.481 e. The Morgan fingerprint density at radius 1 is 0.600 bits per heavy atom. The van der Waals surface area contributed by atoms with Gasteiger partial charge in [0.25, 0.3) is 0 Å². The van der Waals surface area contributed by atoms with Crippen LogP contribution in [0.2, 0.25) is 0 Å². The molecule has 0 aromatic rings. The molecular weight excluding hydrogens is 380 g/mol. The SMILES string of the molecule is CCC=CCC=CCC=CCC=CCC=CCC=CCC(=O)OC(=O)CCC(=O)O. The third kappa shape index (κ3) is 21.4. The van der Waals surface area contributed by atoms with E-state index in [1.165, 1.54) is 0 Å². The molecule has 0 heterocycles. The Labute approximate surface area is 180 Å². The summed E-state index contributed by atoms with van der Waals surface area (Å²) in [5, 5.41) is 8.45. The number of hydrogen-bond donors (Lipinski definition) is 1. The number of ether oxygens (including phenoxy) is 1. The Kier molecular flexibility index (Phi) is 18.7. The summed E-state index contributed by atoms with van der Waals surface area (Å²) in [6.45, 7) is 2.13. The van der Waals surface area contributed by atoms with Crippen molar-refractivity contribution in [1.82, 2.24) is 0 Å². The summed E-state index contributed by atoms with van der Waals surface area (Å²) >= 11 is 0. The molecule has 0 atom stereocenters. The summed E-state index contributed by atoms with van der Waals surface area (Å²) < 4.78 is 4.50. The summed E-state index contributed by atoms with van der Waals surface area (Å²) in [4.78, 5) is 32.9. The lowest BCUT2D eigenvalue weighted by molar-refractivity contribution is -0.160. The molecule has 0 radical (unpaired) electrons. The number of hydrogen-bond acceptors (Lipinski definition) is 4. The minimum atomic E-state index is -1.10. The van der Waals surface area contributed by atoms with Gasteiger partial charge in [0.15, 0.2) is 0 Å². The van der Waals surface area contributed by atoms with Gasteiger partial charge in [-0.2, -0.15) is 0 Å². The molecule has 0 rings (SSSR count). The van der Waals surface area contributed by atoms with Crippen LogP contribution in [0.25, 0.3) is 0 Å². The van der Waals surface area contributed by atoms with Crippen molar-refractivity contribution >= 4 is 17.9 Å². The van der Waals surface area contributed by atoms with Crippen LogP contribution in [0.4, 0.5) is 0 Å². The topological polar surface area (TPSA) is 80.7 Å². The van der Waals surface area contributed by atoms with E-state index in [9.17, 15) is 14.4 Å². The lowest BCUT2D eigenvalue weighted by atomic mass is 10.2. The first kappa shape index (κ1) is 27.0. The van der Waals surface area contributed by atoms with Crippen molar-refractivity contribution in [3.05, 3.63) is 72.9 Å². The van der Waals surface area contributed by atoms with Crippen LogP contribution in [0.5, 0.6) is 0 Å². The van der Waals surface area contributed by atoms with E-state index in [2.05, 4.69) is 60.3 Å². The van der Waals surface area contributed by atoms with E-state index >= 15 is 0 Å². The van der Waals surface area contributed by atoms with Crippen LogP contribution < -0.4 is 0 Å². The quantitative estimate of drug-likeness (QED) is 0.190. The fourth-order valence-electron chi connectivity index (χ4n) is 2.13. The molecule has 1 N–H and O–H groups in total. The van der Waals surface area contributed by atoms with Gasteiger partial charge in [0.05, 0.1) is 19.3 Å². The van der Waals surface area contributed by atoms with Gasteiger partial charge in [-0.1, -0.05) is 79.8 Å². The molecular formula is C25H34O5. The fraction of sp³-hybridized carbons (Fsp3) is 0.400. The molecule has 0 aromatic heterocycles. The molecule has 0 aliphatic heterocycles. The zero-order valence-electron chi connectivity index (χ0n) is 17.9. The zero-order valence-corrected chi connectivity index (χ0v) is 17.9. The fourth-order valence-corrected chi connectivity index (χ4v) is 2.13. The first-order chi connectivity index (χ1) is 14.6. The molecule has 0 bridgehead atoms. The Morgan fingerprint density at radius 2 is 1.00 bits per heavy atom. The summed E-state index contributed by atoms with van der Waals surface area (Å²) in [5.41, 5.74) is 0. The highest BCUT2D eigenvalue weighted by Crippen LogP contribution is 1.99. The van der Waals surface area contributed by atoms with Crippen molar-refractivity contribution in [2.24, 2.45) is 0 Å². The first-order valence-corrected chi connectivity index (χ1v) is 10.4. The van der Waals surface area contributed by atoms with E-state index in [1.807, 2.05) is 18.2 Å². The molecule has 0 spiro atoms. The predicted molar refractivity (Wildman–Crippen MR) is 121 cm³/mol. The second kappa shape index (κ2) is 20.8. The second-order valence-corrected chi connectivity index (χ2v) is 6.36. The van der Waals surface area contributed by atoms with E-state index in [4.69, 9.17) is 5.11 Å². The number of allylic oxidation sites excluding steroid dienone is 11. The van der Waals surface area contributed by atoms with Crippen LogP contribution in [0.3, 0.4) is 0 Å². The molecule has 0 fully saturated rings. The lowest BCUT2D eigenvalue weighted by Crippen LogP contribution is -2.12. The van der Waals surface area contributed by atoms with E-state index in [0.29, 0.717) is 6.42 Å². The highest BCUT2D eigenvalue weighted by Gasteiger charge is 2.10. The second-order valence-electron chi connectivity index (χ2n) is 6.36. The van der Waals surface area contributed by atoms with Gasteiger partial charge in [-0.25, -0.2) is 0 Å². The van der Waals surface area contributed by atoms with Gasteiger partial charge in [-0.15, -0.1) is 0 Å². The number of aliphatic carboxylic acids is 1. The average molecular weight is 415 g/mol. The van der Waals surface area contributed by atoms with E-state index < -0.39 is 17.9 Å². The Balaban J connectivity index is 3.70. The normalized spacial score (nSPS) is 12.4. The third-order valence-electron chi connectivity index (χ3n) is 3.65. The average Bonchev–Trinajstić information content (AvgIpc) is 2.71. The van der Waals surface area contributed by atoms with Crippen LogP contribution in [0.1, 0.15) is 64.7 Å². The maximum atomic E-state index is 11.4. The smallest absolute Gasteiger partial charge is 0.317 e. The highest BCUT2D eigenvalue weighted by atomic mass is 16.6. The number of carbonyl (C=O) groups is 3. The Hall–Kier alpha value is -2.95. The molecule has 5 nitrogen and oxygen atoms in total. The van der Waals surface area contributed by atoms with Gasteiger partial charge in [-0.05, 0) is 38.5 Å². The minimum absolute atomic E-state index is 0.0104. The van der Waals surface area contributed by atoms with Crippen LogP contribution >= 0.6 is 0 Å². The van der Waals surface area contributed by atoms with Crippen LogP contribution in [-0.4, -0.2) is 23.0 Å². The zero-order chi connectivity index (χ0) is 22.3. The van der Waals surface area contributed by atoms with Gasteiger partial charge in [-0.3, -0.25) is 14.4 Å². The summed E-state index contributed by atoms with van der Waals surface area (Å²) in [5.74, 6) is -2.59. The summed E-state index contributed by atoms with van der Waals surface area (Å²) in [6.07, 6.45) is 29.6. The predicted octanol–water partition coefficient (Wildman–Crippen LogP) is 6.01. The molecule has 0 amide bonds. The van der Waals surface area contributed by atoms with Crippen LogP contribution in [-0.2, 0) is 19.1 Å². The third-order valence-corrected chi connectivity index (χ3v) is 3.65. The molecule has 0 saturated carbocycles. The molecule has 0 saturated heterocycles. The molecule has 0 unspecified atom stereocenters. The van der Waals surface area contributed by atoms with Crippen molar-refractivity contribution in [2.75, 3.05) is 0 Å². The maximum absolute atomic E-state index is 11.4. The van der Waals surface area contributed by atoms with Crippen LogP contribution in [0, 0.1) is 0 Å². The van der Waals surface area contributed by atoms with Gasteiger partial charge in [0, 0.05) is 0 Å². The molecule has 0 aromatic carbocycles.